The van der Waals surface area contributed by atoms with Crippen molar-refractivity contribution in [3.05, 3.63) is 62.9 Å². The van der Waals surface area contributed by atoms with Crippen molar-refractivity contribution in [2.75, 3.05) is 11.9 Å². The van der Waals surface area contributed by atoms with E-state index >= 15 is 0 Å². The second-order valence-corrected chi connectivity index (χ2v) is 4.08. The molecule has 1 heterocycles. The maximum atomic E-state index is 12.0. The van der Waals surface area contributed by atoms with Crippen LogP contribution >= 0.6 is 0 Å². The summed E-state index contributed by atoms with van der Waals surface area (Å²) in [6.45, 7) is 0. The Morgan fingerprint density at radius 2 is 1.84 bits per heavy atom. The van der Waals surface area contributed by atoms with Gasteiger partial charge in [0.05, 0.1) is 6.42 Å². The van der Waals surface area contributed by atoms with E-state index in [0.717, 1.165) is 5.69 Å². The number of H-pyrrole nitrogens is 2. The van der Waals surface area contributed by atoms with Gasteiger partial charge in [-0.05, 0) is 12.1 Å². The van der Waals surface area contributed by atoms with E-state index in [1.54, 1.807) is 19.2 Å². The fraction of sp³-hybridized carbons (Fsp3) is 0.154. The van der Waals surface area contributed by atoms with Crippen LogP contribution in [0.25, 0.3) is 0 Å². The highest BCUT2D eigenvalue weighted by Gasteiger charge is 2.12. The molecular formula is C13H13N3O3. The molecule has 1 aromatic carbocycles. The van der Waals surface area contributed by atoms with Crippen LogP contribution in [-0.4, -0.2) is 22.9 Å². The third-order valence-electron chi connectivity index (χ3n) is 2.68. The fourth-order valence-electron chi connectivity index (χ4n) is 1.69. The van der Waals surface area contributed by atoms with Crippen LogP contribution in [0.1, 0.15) is 5.69 Å². The van der Waals surface area contributed by atoms with Crippen molar-refractivity contribution < 1.29 is 4.79 Å². The van der Waals surface area contributed by atoms with Crippen LogP contribution in [0.15, 0.2) is 46.0 Å². The molecule has 0 spiro atoms. The molecule has 19 heavy (non-hydrogen) atoms. The minimum atomic E-state index is -0.613. The number of anilines is 1. The predicted molar refractivity (Wildman–Crippen MR) is 71.2 cm³/mol. The highest BCUT2D eigenvalue weighted by Crippen LogP contribution is 2.11. The lowest BCUT2D eigenvalue weighted by atomic mass is 10.2. The molecule has 2 aromatic rings. The SMILES string of the molecule is CN(C(=O)Cc1cc(=O)[nH]c(=O)[nH]1)c1ccccc1. The number of benzene rings is 1. The largest absolute Gasteiger partial charge is 0.325 e. The third kappa shape index (κ3) is 3.19. The van der Waals surface area contributed by atoms with Gasteiger partial charge in [-0.15, -0.1) is 0 Å². The van der Waals surface area contributed by atoms with E-state index in [9.17, 15) is 14.4 Å². The molecule has 0 aliphatic carbocycles. The highest BCUT2D eigenvalue weighted by molar-refractivity contribution is 5.93. The zero-order valence-corrected chi connectivity index (χ0v) is 10.3. The van der Waals surface area contributed by atoms with Gasteiger partial charge in [0.2, 0.25) is 5.91 Å². The summed E-state index contributed by atoms with van der Waals surface area (Å²) in [5, 5.41) is 0. The number of carbonyl (C=O) groups is 1. The van der Waals surface area contributed by atoms with Gasteiger partial charge in [0.15, 0.2) is 0 Å². The first-order chi connectivity index (χ1) is 9.06. The molecule has 1 aromatic heterocycles. The quantitative estimate of drug-likeness (QED) is 0.829. The number of aromatic amines is 2. The maximum Gasteiger partial charge on any atom is 0.325 e. The Bertz CT molecular complexity index is 660. The van der Waals surface area contributed by atoms with E-state index in [-0.39, 0.29) is 12.3 Å². The Balaban J connectivity index is 2.17. The molecule has 0 saturated carbocycles. The molecule has 0 radical (unpaired) electrons. The number of nitrogens with zero attached hydrogens (tertiary/aromatic N) is 1. The van der Waals surface area contributed by atoms with Crippen molar-refractivity contribution in [2.45, 2.75) is 6.42 Å². The number of likely N-dealkylation sites (N-methyl/N-ethyl adjacent to an activating group) is 1. The van der Waals surface area contributed by atoms with E-state index in [4.69, 9.17) is 0 Å². The summed E-state index contributed by atoms with van der Waals surface area (Å²) in [5.74, 6) is -0.215. The number of rotatable bonds is 3. The Morgan fingerprint density at radius 1 is 1.16 bits per heavy atom. The number of hydrogen-bond donors (Lipinski definition) is 2. The standard InChI is InChI=1S/C13H13N3O3/c1-16(10-5-3-2-4-6-10)12(18)8-9-7-11(17)15-13(19)14-9/h2-7H,8H2,1H3,(H2,14,15,17,19). The minimum absolute atomic E-state index is 0.0371. The highest BCUT2D eigenvalue weighted by atomic mass is 16.2. The van der Waals surface area contributed by atoms with E-state index in [0.29, 0.717) is 5.69 Å². The van der Waals surface area contributed by atoms with Crippen molar-refractivity contribution >= 4 is 11.6 Å². The minimum Gasteiger partial charge on any atom is -0.315 e. The fourth-order valence-corrected chi connectivity index (χ4v) is 1.69. The van der Waals surface area contributed by atoms with Crippen LogP contribution < -0.4 is 16.1 Å². The van der Waals surface area contributed by atoms with Crippen LogP contribution in [0.5, 0.6) is 0 Å². The Morgan fingerprint density at radius 3 is 2.47 bits per heavy atom. The molecule has 2 rings (SSSR count). The molecule has 98 valence electrons. The summed E-state index contributed by atoms with van der Waals surface area (Å²) < 4.78 is 0. The molecule has 0 aliphatic heterocycles. The van der Waals surface area contributed by atoms with Gasteiger partial charge in [0, 0.05) is 24.5 Å². The molecule has 0 atom stereocenters. The van der Waals surface area contributed by atoms with Crippen LogP contribution in [0.3, 0.4) is 0 Å². The molecule has 2 N–H and O–H groups in total. The van der Waals surface area contributed by atoms with Crippen LogP contribution in [0.2, 0.25) is 0 Å². The summed E-state index contributed by atoms with van der Waals surface area (Å²) in [5.41, 5.74) is -0.0900. The lowest BCUT2D eigenvalue weighted by molar-refractivity contribution is -0.117. The van der Waals surface area contributed by atoms with Gasteiger partial charge in [0.1, 0.15) is 0 Å². The van der Waals surface area contributed by atoms with Gasteiger partial charge in [-0.3, -0.25) is 14.6 Å². The summed E-state index contributed by atoms with van der Waals surface area (Å²) in [6, 6.07) is 10.3. The predicted octanol–water partition coefficient (Wildman–Crippen LogP) is 0.269. The second kappa shape index (κ2) is 5.34. The molecule has 0 unspecified atom stereocenters. The van der Waals surface area contributed by atoms with E-state index in [1.165, 1.54) is 11.0 Å². The number of aromatic nitrogens is 2. The molecule has 0 aliphatic rings. The van der Waals surface area contributed by atoms with Gasteiger partial charge in [-0.25, -0.2) is 4.79 Å². The summed E-state index contributed by atoms with van der Waals surface area (Å²) in [6.07, 6.45) is -0.0371. The first kappa shape index (κ1) is 12.8. The Hall–Kier alpha value is -2.63. The number of hydrogen-bond acceptors (Lipinski definition) is 3. The Kier molecular flexibility index (Phi) is 3.61. The molecule has 0 saturated heterocycles. The van der Waals surface area contributed by atoms with Gasteiger partial charge in [0.25, 0.3) is 5.56 Å². The molecule has 0 bridgehead atoms. The lowest BCUT2D eigenvalue weighted by Gasteiger charge is -2.16. The van der Waals surface area contributed by atoms with Gasteiger partial charge in [-0.1, -0.05) is 18.2 Å². The average molecular weight is 259 g/mol. The second-order valence-electron chi connectivity index (χ2n) is 4.08. The molecule has 0 fully saturated rings. The zero-order valence-electron chi connectivity index (χ0n) is 10.3. The monoisotopic (exact) mass is 259 g/mol. The van der Waals surface area contributed by atoms with E-state index in [1.807, 2.05) is 18.2 Å². The van der Waals surface area contributed by atoms with Crippen LogP contribution in [0.4, 0.5) is 5.69 Å². The van der Waals surface area contributed by atoms with Crippen molar-refractivity contribution in [1.82, 2.24) is 9.97 Å². The van der Waals surface area contributed by atoms with Gasteiger partial charge >= 0.3 is 5.69 Å². The van der Waals surface area contributed by atoms with Crippen LogP contribution in [0, 0.1) is 0 Å². The first-order valence-electron chi connectivity index (χ1n) is 5.70. The number of para-hydroxylation sites is 1. The normalized spacial score (nSPS) is 10.2. The van der Waals surface area contributed by atoms with Crippen molar-refractivity contribution in [3.8, 4) is 0 Å². The van der Waals surface area contributed by atoms with Crippen molar-refractivity contribution in [2.24, 2.45) is 0 Å². The van der Waals surface area contributed by atoms with Gasteiger partial charge < -0.3 is 9.88 Å². The molecular weight excluding hydrogens is 246 g/mol. The lowest BCUT2D eigenvalue weighted by Crippen LogP contribution is -2.30. The summed E-state index contributed by atoms with van der Waals surface area (Å²) in [7, 11) is 1.64. The smallest absolute Gasteiger partial charge is 0.315 e. The summed E-state index contributed by atoms with van der Waals surface area (Å²) >= 11 is 0. The van der Waals surface area contributed by atoms with Crippen molar-refractivity contribution in [1.29, 1.82) is 0 Å². The maximum absolute atomic E-state index is 12.0. The van der Waals surface area contributed by atoms with Gasteiger partial charge in [-0.2, -0.15) is 0 Å². The number of amides is 1. The number of carbonyl (C=O) groups excluding carboxylic acids is 1. The van der Waals surface area contributed by atoms with Crippen molar-refractivity contribution in [3.63, 3.8) is 0 Å². The van der Waals surface area contributed by atoms with E-state index in [2.05, 4.69) is 9.97 Å². The van der Waals surface area contributed by atoms with Crippen LogP contribution in [-0.2, 0) is 11.2 Å². The number of nitrogens with one attached hydrogen (secondary N) is 2. The molecule has 6 heteroatoms. The topological polar surface area (TPSA) is 86.0 Å². The summed E-state index contributed by atoms with van der Waals surface area (Å²) in [4.78, 5) is 40.2. The molecule has 1 amide bonds. The molecule has 6 nitrogen and oxygen atoms in total. The Labute approximate surface area is 108 Å². The third-order valence-corrected chi connectivity index (χ3v) is 2.68. The van der Waals surface area contributed by atoms with E-state index < -0.39 is 11.2 Å². The first-order valence-corrected chi connectivity index (χ1v) is 5.70. The zero-order chi connectivity index (χ0) is 13.8. The average Bonchev–Trinajstić information content (AvgIpc) is 2.37.